The first-order valence-electron chi connectivity index (χ1n) is 6.21. The Hall–Kier alpha value is -1.33. The fraction of sp³-hybridized carbons (Fsp3) is 0.385. The maximum atomic E-state index is 5.51. The highest BCUT2D eigenvalue weighted by molar-refractivity contribution is 7.99. The summed E-state index contributed by atoms with van der Waals surface area (Å²) in [5.74, 6) is 1.07. The van der Waals surface area contributed by atoms with Gasteiger partial charge in [-0.05, 0) is 44.2 Å². The molecule has 0 aliphatic rings. The zero-order valence-corrected chi connectivity index (χ0v) is 11.2. The summed E-state index contributed by atoms with van der Waals surface area (Å²) in [5, 5.41) is 1.10. The lowest BCUT2D eigenvalue weighted by atomic mass is 10.3. The van der Waals surface area contributed by atoms with E-state index in [4.69, 9.17) is 5.73 Å². The molecule has 0 aliphatic heterocycles. The second-order valence-corrected chi connectivity index (χ2v) is 5.47. The molecule has 0 bridgehead atoms. The van der Waals surface area contributed by atoms with E-state index in [2.05, 4.69) is 14.4 Å². The van der Waals surface area contributed by atoms with Crippen molar-refractivity contribution in [3.8, 4) is 0 Å². The molecule has 0 atom stereocenters. The number of aromatic nitrogens is 3. The Kier molecular flexibility index (Phi) is 3.09. The van der Waals surface area contributed by atoms with Crippen LogP contribution in [0.1, 0.15) is 18.5 Å². The number of hydrogen-bond acceptors (Lipinski definition) is 4. The maximum Gasteiger partial charge on any atom is 0.140 e. The molecular formula is C13H16N4S. The molecule has 0 amide bonds. The molecule has 4 nitrogen and oxygen atoms in total. The highest BCUT2D eigenvalue weighted by Gasteiger charge is 2.15. The molecule has 18 heavy (non-hydrogen) atoms. The molecular weight excluding hydrogens is 244 g/mol. The van der Waals surface area contributed by atoms with Crippen LogP contribution < -0.4 is 5.73 Å². The molecule has 3 rings (SSSR count). The quantitative estimate of drug-likeness (QED) is 0.565. The van der Waals surface area contributed by atoms with Crippen molar-refractivity contribution in [3.05, 3.63) is 23.9 Å². The van der Waals surface area contributed by atoms with Gasteiger partial charge in [-0.25, -0.2) is 9.97 Å². The van der Waals surface area contributed by atoms with Crippen LogP contribution in [0, 0.1) is 6.92 Å². The Morgan fingerprint density at radius 1 is 1.22 bits per heavy atom. The van der Waals surface area contributed by atoms with Gasteiger partial charge in [-0.3, -0.25) is 4.40 Å². The van der Waals surface area contributed by atoms with Crippen molar-refractivity contribution < 1.29 is 0 Å². The Balaban J connectivity index is 1.96. The number of aryl methyl sites for hydroxylation is 1. The van der Waals surface area contributed by atoms with Crippen molar-refractivity contribution in [2.75, 3.05) is 12.3 Å². The van der Waals surface area contributed by atoms with Gasteiger partial charge in [-0.2, -0.15) is 0 Å². The molecule has 94 valence electrons. The molecule has 2 N–H and O–H groups in total. The smallest absolute Gasteiger partial charge is 0.140 e. The summed E-state index contributed by atoms with van der Waals surface area (Å²) in [4.78, 5) is 9.25. The lowest BCUT2D eigenvalue weighted by Crippen LogP contribution is -1.98. The second kappa shape index (κ2) is 4.74. The largest absolute Gasteiger partial charge is 0.330 e. The molecule has 0 saturated heterocycles. The first-order valence-corrected chi connectivity index (χ1v) is 7.20. The standard InChI is InChI=1S/C13H16N4S/c1-9-12-13(18-8-3-2-7-14)16-11-6-4-5-10(15-9)17(11)12/h4-6H,2-3,7-8,14H2,1H3. The van der Waals surface area contributed by atoms with Crippen LogP contribution in [0.4, 0.5) is 0 Å². The number of nitrogens with zero attached hydrogens (tertiary/aromatic N) is 3. The van der Waals surface area contributed by atoms with Gasteiger partial charge < -0.3 is 5.73 Å². The first kappa shape index (κ1) is 11.7. The van der Waals surface area contributed by atoms with Gasteiger partial charge in [0.1, 0.15) is 21.8 Å². The van der Waals surface area contributed by atoms with Crippen LogP contribution in [0.5, 0.6) is 0 Å². The molecule has 0 unspecified atom stereocenters. The predicted octanol–water partition coefficient (Wildman–Crippen LogP) is 2.46. The minimum absolute atomic E-state index is 0.767. The lowest BCUT2D eigenvalue weighted by molar-refractivity contribution is 0.814. The number of hydrogen-bond donors (Lipinski definition) is 1. The second-order valence-electron chi connectivity index (χ2n) is 4.38. The van der Waals surface area contributed by atoms with Crippen LogP contribution in [0.3, 0.4) is 0 Å². The summed E-state index contributed by atoms with van der Waals surface area (Å²) in [6.45, 7) is 2.82. The van der Waals surface area contributed by atoms with Crippen LogP contribution in [0.15, 0.2) is 23.2 Å². The molecule has 0 fully saturated rings. The molecule has 0 spiro atoms. The fourth-order valence-corrected chi connectivity index (χ4v) is 3.28. The van der Waals surface area contributed by atoms with E-state index >= 15 is 0 Å². The molecule has 3 aromatic heterocycles. The molecule has 5 heteroatoms. The lowest BCUT2D eigenvalue weighted by Gasteiger charge is -1.97. The Morgan fingerprint density at radius 2 is 2.00 bits per heavy atom. The van der Waals surface area contributed by atoms with Crippen molar-refractivity contribution in [1.82, 2.24) is 14.4 Å². The van der Waals surface area contributed by atoms with Crippen molar-refractivity contribution >= 4 is 28.6 Å². The molecule has 0 saturated carbocycles. The third kappa shape index (κ3) is 1.83. The molecule has 0 radical (unpaired) electrons. The van der Waals surface area contributed by atoms with Gasteiger partial charge in [0.15, 0.2) is 0 Å². The van der Waals surface area contributed by atoms with E-state index in [1.165, 1.54) is 5.52 Å². The van der Waals surface area contributed by atoms with Gasteiger partial charge in [0.05, 0.1) is 5.69 Å². The van der Waals surface area contributed by atoms with Crippen molar-refractivity contribution in [2.45, 2.75) is 24.8 Å². The number of nitrogens with two attached hydrogens (primary N) is 1. The monoisotopic (exact) mass is 260 g/mol. The summed E-state index contributed by atoms with van der Waals surface area (Å²) >= 11 is 1.81. The van der Waals surface area contributed by atoms with Crippen LogP contribution in [0.25, 0.3) is 16.8 Å². The fourth-order valence-electron chi connectivity index (χ4n) is 2.20. The highest BCUT2D eigenvalue weighted by atomic mass is 32.2. The van der Waals surface area contributed by atoms with Gasteiger partial charge in [0, 0.05) is 0 Å². The number of imidazole rings is 2. The maximum absolute atomic E-state index is 5.51. The van der Waals surface area contributed by atoms with Crippen LogP contribution in [-0.4, -0.2) is 26.7 Å². The predicted molar refractivity (Wildman–Crippen MR) is 75.4 cm³/mol. The zero-order valence-electron chi connectivity index (χ0n) is 10.4. The SMILES string of the molecule is Cc1nc2cccc3nc(SCCCCN)c1n23. The Labute approximate surface area is 110 Å². The van der Waals surface area contributed by atoms with Crippen LogP contribution >= 0.6 is 11.8 Å². The third-order valence-electron chi connectivity index (χ3n) is 3.05. The molecule has 3 heterocycles. The van der Waals surface area contributed by atoms with Gasteiger partial charge in [-0.15, -0.1) is 11.8 Å². The number of unbranched alkanes of at least 4 members (excludes halogenated alkanes) is 1. The minimum Gasteiger partial charge on any atom is -0.330 e. The summed E-state index contributed by atoms with van der Waals surface area (Å²) in [5.41, 5.74) is 9.71. The first-order chi connectivity index (χ1) is 8.81. The molecule has 0 aliphatic carbocycles. The average molecular weight is 260 g/mol. The Morgan fingerprint density at radius 3 is 2.78 bits per heavy atom. The summed E-state index contributed by atoms with van der Waals surface area (Å²) in [6, 6.07) is 6.06. The number of thioether (sulfide) groups is 1. The number of rotatable bonds is 5. The third-order valence-corrected chi connectivity index (χ3v) is 4.10. The summed E-state index contributed by atoms with van der Waals surface area (Å²) < 4.78 is 2.14. The van der Waals surface area contributed by atoms with E-state index in [1.807, 2.05) is 25.1 Å². The van der Waals surface area contributed by atoms with Gasteiger partial charge in [-0.1, -0.05) is 6.07 Å². The van der Waals surface area contributed by atoms with Crippen molar-refractivity contribution in [3.63, 3.8) is 0 Å². The minimum atomic E-state index is 0.767. The molecule has 0 aromatic carbocycles. The van der Waals surface area contributed by atoms with E-state index in [9.17, 15) is 0 Å². The van der Waals surface area contributed by atoms with Crippen LogP contribution in [0.2, 0.25) is 0 Å². The summed E-state index contributed by atoms with van der Waals surface area (Å²) in [7, 11) is 0. The van der Waals surface area contributed by atoms with E-state index in [-0.39, 0.29) is 0 Å². The van der Waals surface area contributed by atoms with Gasteiger partial charge in [0.2, 0.25) is 0 Å². The average Bonchev–Trinajstić information content (AvgIpc) is 2.89. The van der Waals surface area contributed by atoms with Gasteiger partial charge >= 0.3 is 0 Å². The van der Waals surface area contributed by atoms with E-state index in [1.54, 1.807) is 11.8 Å². The highest BCUT2D eigenvalue weighted by Crippen LogP contribution is 2.29. The summed E-state index contributed by atoms with van der Waals surface area (Å²) in [6.07, 6.45) is 2.21. The van der Waals surface area contributed by atoms with Gasteiger partial charge in [0.25, 0.3) is 0 Å². The van der Waals surface area contributed by atoms with E-state index < -0.39 is 0 Å². The van der Waals surface area contributed by atoms with E-state index in [0.29, 0.717) is 0 Å². The van der Waals surface area contributed by atoms with E-state index in [0.717, 1.165) is 47.2 Å². The normalized spacial score (nSPS) is 11.9. The number of pyridine rings is 1. The van der Waals surface area contributed by atoms with Crippen molar-refractivity contribution in [1.29, 1.82) is 0 Å². The zero-order chi connectivity index (χ0) is 12.5. The molecule has 3 aromatic rings. The van der Waals surface area contributed by atoms with Crippen LogP contribution in [-0.2, 0) is 0 Å². The Bertz CT molecular complexity index is 661. The topological polar surface area (TPSA) is 56.2 Å². The van der Waals surface area contributed by atoms with Crippen molar-refractivity contribution in [2.24, 2.45) is 5.73 Å².